The van der Waals surface area contributed by atoms with E-state index in [0.717, 1.165) is 25.7 Å². The Morgan fingerprint density at radius 1 is 1.50 bits per heavy atom. The molecule has 1 unspecified atom stereocenters. The maximum absolute atomic E-state index is 12.4. The van der Waals surface area contributed by atoms with Crippen molar-refractivity contribution in [3.63, 3.8) is 0 Å². The lowest BCUT2D eigenvalue weighted by Crippen LogP contribution is -2.33. The summed E-state index contributed by atoms with van der Waals surface area (Å²) in [5.41, 5.74) is 5.74. The van der Waals surface area contributed by atoms with Crippen LogP contribution in [0.15, 0.2) is 16.6 Å². The van der Waals surface area contributed by atoms with Crippen LogP contribution < -0.4 is 10.5 Å². The molecule has 0 spiro atoms. The SMILES string of the molecule is CCCCCC(C)NS(=O)(=O)c1c(N)nc2sccn12. The van der Waals surface area contributed by atoms with Crippen molar-refractivity contribution in [1.29, 1.82) is 0 Å². The third-order valence-corrected chi connectivity index (χ3v) is 5.48. The number of hydrogen-bond acceptors (Lipinski definition) is 5. The minimum absolute atomic E-state index is 0.0380. The van der Waals surface area contributed by atoms with Gasteiger partial charge < -0.3 is 5.73 Å². The van der Waals surface area contributed by atoms with Crippen molar-refractivity contribution < 1.29 is 8.42 Å². The third kappa shape index (κ3) is 3.13. The molecule has 0 aliphatic rings. The van der Waals surface area contributed by atoms with Gasteiger partial charge in [-0.3, -0.25) is 4.40 Å². The number of anilines is 1. The Balaban J connectivity index is 2.18. The summed E-state index contributed by atoms with van der Waals surface area (Å²) in [5.74, 6) is 0.0464. The van der Waals surface area contributed by atoms with Crippen LogP contribution in [-0.4, -0.2) is 23.8 Å². The number of unbranched alkanes of at least 4 members (excludes halogenated alkanes) is 2. The van der Waals surface area contributed by atoms with Gasteiger partial charge in [0.05, 0.1) is 0 Å². The number of nitrogens with one attached hydrogen (secondary N) is 1. The number of sulfonamides is 1. The van der Waals surface area contributed by atoms with Crippen LogP contribution >= 0.6 is 11.3 Å². The molecule has 0 saturated heterocycles. The Morgan fingerprint density at radius 2 is 2.25 bits per heavy atom. The zero-order valence-electron chi connectivity index (χ0n) is 11.7. The first-order valence-corrected chi connectivity index (χ1v) is 9.05. The highest BCUT2D eigenvalue weighted by molar-refractivity contribution is 7.89. The molecule has 8 heteroatoms. The first-order chi connectivity index (χ1) is 9.45. The van der Waals surface area contributed by atoms with E-state index in [2.05, 4.69) is 16.6 Å². The smallest absolute Gasteiger partial charge is 0.260 e. The van der Waals surface area contributed by atoms with Gasteiger partial charge in [0.25, 0.3) is 10.0 Å². The molecular weight excluding hydrogens is 296 g/mol. The van der Waals surface area contributed by atoms with Gasteiger partial charge in [0.2, 0.25) is 0 Å². The number of rotatable bonds is 7. The quantitative estimate of drug-likeness (QED) is 0.766. The molecule has 0 aliphatic carbocycles. The summed E-state index contributed by atoms with van der Waals surface area (Å²) >= 11 is 1.35. The minimum atomic E-state index is -3.65. The van der Waals surface area contributed by atoms with Gasteiger partial charge in [-0.15, -0.1) is 11.3 Å². The molecule has 2 aromatic rings. The summed E-state index contributed by atoms with van der Waals surface area (Å²) in [4.78, 5) is 4.65. The second-order valence-electron chi connectivity index (χ2n) is 4.88. The van der Waals surface area contributed by atoms with E-state index < -0.39 is 10.0 Å². The second-order valence-corrected chi connectivity index (χ2v) is 7.38. The topological polar surface area (TPSA) is 89.5 Å². The van der Waals surface area contributed by atoms with Gasteiger partial charge in [0, 0.05) is 17.6 Å². The number of aromatic nitrogens is 2. The van der Waals surface area contributed by atoms with Crippen molar-refractivity contribution in [3.8, 4) is 0 Å². The van der Waals surface area contributed by atoms with Crippen LogP contribution in [0.4, 0.5) is 5.82 Å². The summed E-state index contributed by atoms with van der Waals surface area (Å²) in [6.45, 7) is 3.99. The standard InChI is InChI=1S/C12H20N4O2S2/c1-3-4-5-6-9(2)15-20(17,18)11-10(13)14-12-16(11)7-8-19-12/h7-9,15H,3-6,13H2,1-2H3. The highest BCUT2D eigenvalue weighted by atomic mass is 32.2. The number of nitrogens with zero attached hydrogens (tertiary/aromatic N) is 2. The lowest BCUT2D eigenvalue weighted by Gasteiger charge is -2.13. The molecule has 2 aromatic heterocycles. The zero-order chi connectivity index (χ0) is 14.8. The fourth-order valence-electron chi connectivity index (χ4n) is 2.13. The van der Waals surface area contributed by atoms with Gasteiger partial charge in [-0.1, -0.05) is 26.2 Å². The van der Waals surface area contributed by atoms with Crippen LogP contribution in [0.25, 0.3) is 4.96 Å². The zero-order valence-corrected chi connectivity index (χ0v) is 13.3. The Kier molecular flexibility index (Phi) is 4.66. The summed E-state index contributed by atoms with van der Waals surface area (Å²) in [6, 6.07) is -0.116. The number of nitrogen functional groups attached to an aromatic ring is 1. The molecule has 1 atom stereocenters. The highest BCUT2D eigenvalue weighted by Crippen LogP contribution is 2.23. The summed E-state index contributed by atoms with van der Waals surface area (Å²) < 4.78 is 29.0. The number of imidazole rings is 1. The van der Waals surface area contributed by atoms with Crippen molar-refractivity contribution >= 4 is 32.1 Å². The summed E-state index contributed by atoms with van der Waals surface area (Å²) in [7, 11) is -3.65. The lowest BCUT2D eigenvalue weighted by atomic mass is 10.1. The van der Waals surface area contributed by atoms with Crippen LogP contribution in [0.2, 0.25) is 0 Å². The van der Waals surface area contributed by atoms with Gasteiger partial charge in [-0.25, -0.2) is 18.1 Å². The first kappa shape index (κ1) is 15.3. The summed E-state index contributed by atoms with van der Waals surface area (Å²) in [6.07, 6.45) is 5.72. The third-order valence-electron chi connectivity index (χ3n) is 3.10. The maximum Gasteiger partial charge on any atom is 0.260 e. The lowest BCUT2D eigenvalue weighted by molar-refractivity contribution is 0.525. The monoisotopic (exact) mass is 316 g/mol. The van der Waals surface area contributed by atoms with Crippen molar-refractivity contribution in [2.75, 3.05) is 5.73 Å². The molecule has 2 rings (SSSR count). The number of thiazole rings is 1. The Hall–Kier alpha value is -1.12. The van der Waals surface area contributed by atoms with Gasteiger partial charge in [-0.2, -0.15) is 0 Å². The molecular formula is C12H20N4O2S2. The first-order valence-electron chi connectivity index (χ1n) is 6.69. The molecule has 0 fully saturated rings. The van der Waals surface area contributed by atoms with E-state index in [1.807, 2.05) is 6.92 Å². The Labute approximate surface area is 123 Å². The molecule has 0 amide bonds. The molecule has 0 saturated carbocycles. The Morgan fingerprint density at radius 3 is 2.95 bits per heavy atom. The molecule has 2 heterocycles. The van der Waals surface area contributed by atoms with Gasteiger partial charge >= 0.3 is 0 Å². The Bertz CT molecular complexity index is 675. The van der Waals surface area contributed by atoms with Crippen molar-refractivity contribution in [3.05, 3.63) is 11.6 Å². The molecule has 0 aromatic carbocycles. The number of fused-ring (bicyclic) bond motifs is 1. The fourth-order valence-corrected chi connectivity index (χ4v) is 4.39. The molecule has 0 aliphatic heterocycles. The second kappa shape index (κ2) is 6.11. The van der Waals surface area contributed by atoms with Gasteiger partial charge in [-0.05, 0) is 13.3 Å². The molecule has 112 valence electrons. The normalized spacial score (nSPS) is 13.9. The predicted octanol–water partition coefficient (Wildman–Crippen LogP) is 2.23. The van der Waals surface area contributed by atoms with Gasteiger partial charge in [0.15, 0.2) is 15.8 Å². The average Bonchev–Trinajstić information content (AvgIpc) is 2.87. The molecule has 20 heavy (non-hydrogen) atoms. The van der Waals surface area contributed by atoms with E-state index in [0.29, 0.717) is 4.96 Å². The molecule has 0 bridgehead atoms. The van der Waals surface area contributed by atoms with Crippen LogP contribution in [0.3, 0.4) is 0 Å². The minimum Gasteiger partial charge on any atom is -0.381 e. The van der Waals surface area contributed by atoms with E-state index in [-0.39, 0.29) is 16.9 Å². The summed E-state index contributed by atoms with van der Waals surface area (Å²) in [5, 5.41) is 1.82. The fraction of sp³-hybridized carbons (Fsp3) is 0.583. The predicted molar refractivity (Wildman–Crippen MR) is 81.4 cm³/mol. The van der Waals surface area contributed by atoms with Crippen molar-refractivity contribution in [2.45, 2.75) is 50.6 Å². The van der Waals surface area contributed by atoms with E-state index in [4.69, 9.17) is 5.73 Å². The van der Waals surface area contributed by atoms with E-state index >= 15 is 0 Å². The molecule has 3 N–H and O–H groups in total. The van der Waals surface area contributed by atoms with E-state index in [1.54, 1.807) is 11.6 Å². The van der Waals surface area contributed by atoms with Crippen LogP contribution in [0.1, 0.15) is 39.5 Å². The average molecular weight is 316 g/mol. The van der Waals surface area contributed by atoms with Gasteiger partial charge in [0.1, 0.15) is 0 Å². The van der Waals surface area contributed by atoms with Crippen LogP contribution in [0, 0.1) is 0 Å². The molecule has 0 radical (unpaired) electrons. The van der Waals surface area contributed by atoms with E-state index in [1.165, 1.54) is 15.7 Å². The molecule has 6 nitrogen and oxygen atoms in total. The highest BCUT2D eigenvalue weighted by Gasteiger charge is 2.25. The van der Waals surface area contributed by atoms with Crippen LogP contribution in [0.5, 0.6) is 0 Å². The largest absolute Gasteiger partial charge is 0.381 e. The maximum atomic E-state index is 12.4. The van der Waals surface area contributed by atoms with E-state index in [9.17, 15) is 8.42 Å². The van der Waals surface area contributed by atoms with Crippen molar-refractivity contribution in [2.24, 2.45) is 0 Å². The number of nitrogens with two attached hydrogens (primary N) is 1. The number of hydrogen-bond donors (Lipinski definition) is 2. The van der Waals surface area contributed by atoms with Crippen molar-refractivity contribution in [1.82, 2.24) is 14.1 Å². The van der Waals surface area contributed by atoms with Crippen LogP contribution in [-0.2, 0) is 10.0 Å².